The van der Waals surface area contributed by atoms with Crippen LogP contribution in [0.2, 0.25) is 0 Å². The van der Waals surface area contributed by atoms with Crippen molar-refractivity contribution in [3.63, 3.8) is 0 Å². The van der Waals surface area contributed by atoms with Gasteiger partial charge < -0.3 is 14.2 Å². The normalized spacial score (nSPS) is 12.9. The maximum absolute atomic E-state index is 12.8. The summed E-state index contributed by atoms with van der Waals surface area (Å²) in [6.07, 6.45) is 88.0. The van der Waals surface area contributed by atoms with Crippen LogP contribution in [0.5, 0.6) is 0 Å². The molecule has 0 saturated carbocycles. The van der Waals surface area contributed by atoms with Gasteiger partial charge in [0, 0.05) is 19.3 Å². The van der Waals surface area contributed by atoms with Crippen LogP contribution in [0.1, 0.15) is 284 Å². The number of carbonyl (C=O) groups excluding carboxylic acids is 3. The second kappa shape index (κ2) is 63.3. The number of rotatable bonds is 56. The third kappa shape index (κ3) is 60.7. The summed E-state index contributed by atoms with van der Waals surface area (Å²) in [5.41, 5.74) is 0. The molecule has 0 saturated heterocycles. The van der Waals surface area contributed by atoms with Crippen molar-refractivity contribution in [3.05, 3.63) is 122 Å². The average molecular weight is 1050 g/mol. The lowest BCUT2D eigenvalue weighted by atomic mass is 10.0. The van der Waals surface area contributed by atoms with Crippen LogP contribution in [-0.4, -0.2) is 37.2 Å². The Morgan fingerprint density at radius 1 is 0.276 bits per heavy atom. The quantitative estimate of drug-likeness (QED) is 0.0261. The third-order valence-corrected chi connectivity index (χ3v) is 13.2. The molecule has 1 unspecified atom stereocenters. The van der Waals surface area contributed by atoms with Crippen LogP contribution < -0.4 is 0 Å². The highest BCUT2D eigenvalue weighted by molar-refractivity contribution is 5.71. The summed E-state index contributed by atoms with van der Waals surface area (Å²) in [5, 5.41) is 0. The van der Waals surface area contributed by atoms with Crippen molar-refractivity contribution in [3.8, 4) is 0 Å². The molecule has 6 heteroatoms. The van der Waals surface area contributed by atoms with Gasteiger partial charge in [-0.1, -0.05) is 284 Å². The Morgan fingerprint density at radius 2 is 0.526 bits per heavy atom. The number of hydrogen-bond donors (Lipinski definition) is 0. The smallest absolute Gasteiger partial charge is 0.306 e. The Morgan fingerprint density at radius 3 is 0.842 bits per heavy atom. The minimum absolute atomic E-state index is 0.0993. The number of hydrogen-bond acceptors (Lipinski definition) is 6. The van der Waals surface area contributed by atoms with E-state index >= 15 is 0 Å². The van der Waals surface area contributed by atoms with Gasteiger partial charge in [0.2, 0.25) is 0 Å². The fraction of sp³-hybridized carbons (Fsp3) is 0.671. The topological polar surface area (TPSA) is 78.9 Å². The van der Waals surface area contributed by atoms with Crippen molar-refractivity contribution in [2.75, 3.05) is 13.2 Å². The van der Waals surface area contributed by atoms with Crippen molar-refractivity contribution in [1.29, 1.82) is 0 Å². The van der Waals surface area contributed by atoms with E-state index in [1.807, 2.05) is 0 Å². The van der Waals surface area contributed by atoms with Crippen molar-refractivity contribution >= 4 is 17.9 Å². The van der Waals surface area contributed by atoms with E-state index in [1.54, 1.807) is 0 Å². The molecule has 0 radical (unpaired) electrons. The molecule has 0 aromatic carbocycles. The van der Waals surface area contributed by atoms with E-state index in [0.717, 1.165) is 109 Å². The van der Waals surface area contributed by atoms with E-state index in [4.69, 9.17) is 14.2 Å². The maximum atomic E-state index is 12.8. The number of carbonyl (C=O) groups is 3. The van der Waals surface area contributed by atoms with Crippen LogP contribution in [0.15, 0.2) is 122 Å². The Labute approximate surface area is 469 Å². The molecule has 0 fully saturated rings. The first-order valence-electron chi connectivity index (χ1n) is 31.5. The number of esters is 3. The van der Waals surface area contributed by atoms with Crippen LogP contribution in [0.3, 0.4) is 0 Å². The fourth-order valence-corrected chi connectivity index (χ4v) is 8.56. The minimum Gasteiger partial charge on any atom is -0.462 e. The molecular weight excluding hydrogens is 937 g/mol. The van der Waals surface area contributed by atoms with E-state index in [-0.39, 0.29) is 37.5 Å². The SMILES string of the molecule is CC/C=C\C/C=C\C/C=C\C/C=C\C/C=C\CCCCCCCCCCCCCCCCCC(=O)OCC(COC(=O)CCCCCCCCCCCC)OC(=O)CCC/C=C\C/C=C\C/C=C\C/C=C\C/C=C\CC. The molecule has 0 heterocycles. The van der Waals surface area contributed by atoms with Gasteiger partial charge >= 0.3 is 17.9 Å². The van der Waals surface area contributed by atoms with Gasteiger partial charge in [0.15, 0.2) is 6.10 Å². The number of ether oxygens (including phenoxy) is 3. The second-order valence-corrected chi connectivity index (χ2v) is 20.6. The largest absolute Gasteiger partial charge is 0.462 e. The first-order chi connectivity index (χ1) is 37.5. The van der Waals surface area contributed by atoms with Gasteiger partial charge in [0.1, 0.15) is 13.2 Å². The molecule has 0 aliphatic heterocycles. The molecule has 432 valence electrons. The lowest BCUT2D eigenvalue weighted by Crippen LogP contribution is -2.30. The van der Waals surface area contributed by atoms with Crippen LogP contribution >= 0.6 is 0 Å². The van der Waals surface area contributed by atoms with Crippen molar-refractivity contribution < 1.29 is 28.6 Å². The first kappa shape index (κ1) is 71.8. The molecule has 0 aromatic heterocycles. The molecule has 0 rings (SSSR count). The summed E-state index contributed by atoms with van der Waals surface area (Å²) in [4.78, 5) is 38.1. The van der Waals surface area contributed by atoms with E-state index in [1.165, 1.54) is 128 Å². The zero-order valence-corrected chi connectivity index (χ0v) is 49.5. The van der Waals surface area contributed by atoms with Gasteiger partial charge in [-0.25, -0.2) is 0 Å². The lowest BCUT2D eigenvalue weighted by molar-refractivity contribution is -0.167. The molecule has 0 aliphatic carbocycles. The van der Waals surface area contributed by atoms with E-state index in [0.29, 0.717) is 19.3 Å². The van der Waals surface area contributed by atoms with Gasteiger partial charge in [-0.3, -0.25) is 14.4 Å². The van der Waals surface area contributed by atoms with E-state index in [9.17, 15) is 14.4 Å². The molecule has 0 amide bonds. The standard InChI is InChI=1S/C70H116O6/c1-4-7-10-13-16-19-22-24-26-28-29-30-31-32-33-34-35-36-37-38-39-40-41-43-44-46-48-51-54-57-60-63-69(72)75-66-67(65-74-68(71)62-59-56-53-50-21-18-15-12-9-6-3)76-70(73)64-61-58-55-52-49-47-45-42-27-25-23-20-17-14-11-8-5-2/h7-8,10-11,16-17,19-20,24-27,29-30,32-33,45,47,52,55,67H,4-6,9,12-15,18,21-23,28,31,34-44,46,48-51,53-54,56-66H2,1-3H3/b10-7-,11-8-,19-16-,20-17-,26-24-,27-25-,30-29-,33-32-,47-45-,55-52-. The highest BCUT2D eigenvalue weighted by Crippen LogP contribution is 2.16. The van der Waals surface area contributed by atoms with Gasteiger partial charge in [-0.05, 0) is 103 Å². The van der Waals surface area contributed by atoms with Crippen molar-refractivity contribution in [2.45, 2.75) is 290 Å². The summed E-state index contributed by atoms with van der Waals surface area (Å²) in [6.45, 7) is 6.36. The van der Waals surface area contributed by atoms with Crippen LogP contribution in [0, 0.1) is 0 Å². The van der Waals surface area contributed by atoms with E-state index < -0.39 is 6.10 Å². The summed E-state index contributed by atoms with van der Waals surface area (Å²) < 4.78 is 16.8. The Bertz CT molecular complexity index is 1590. The molecule has 0 N–H and O–H groups in total. The number of unbranched alkanes of at least 4 members (excludes halogenated alkanes) is 25. The molecule has 1 atom stereocenters. The zero-order chi connectivity index (χ0) is 55.0. The van der Waals surface area contributed by atoms with Crippen molar-refractivity contribution in [2.24, 2.45) is 0 Å². The van der Waals surface area contributed by atoms with Crippen LogP contribution in [0.4, 0.5) is 0 Å². The molecule has 6 nitrogen and oxygen atoms in total. The molecule has 76 heavy (non-hydrogen) atoms. The summed E-state index contributed by atoms with van der Waals surface area (Å²) >= 11 is 0. The molecular formula is C70H116O6. The molecule has 0 aromatic rings. The molecule has 0 spiro atoms. The van der Waals surface area contributed by atoms with Gasteiger partial charge in [-0.2, -0.15) is 0 Å². The zero-order valence-electron chi connectivity index (χ0n) is 49.5. The fourth-order valence-electron chi connectivity index (χ4n) is 8.56. The Balaban J connectivity index is 4.22. The molecule has 0 bridgehead atoms. The lowest BCUT2D eigenvalue weighted by Gasteiger charge is -2.18. The first-order valence-corrected chi connectivity index (χ1v) is 31.5. The summed E-state index contributed by atoms with van der Waals surface area (Å²) in [5.74, 6) is -0.956. The maximum Gasteiger partial charge on any atom is 0.306 e. The predicted molar refractivity (Wildman–Crippen MR) is 330 cm³/mol. The highest BCUT2D eigenvalue weighted by atomic mass is 16.6. The predicted octanol–water partition coefficient (Wildman–Crippen LogP) is 21.6. The van der Waals surface area contributed by atoms with Gasteiger partial charge in [-0.15, -0.1) is 0 Å². The highest BCUT2D eigenvalue weighted by Gasteiger charge is 2.19. The van der Waals surface area contributed by atoms with Gasteiger partial charge in [0.05, 0.1) is 0 Å². The van der Waals surface area contributed by atoms with Gasteiger partial charge in [0.25, 0.3) is 0 Å². The second-order valence-electron chi connectivity index (χ2n) is 20.6. The summed E-state index contributed by atoms with van der Waals surface area (Å²) in [7, 11) is 0. The Hall–Kier alpha value is -4.19. The number of allylic oxidation sites excluding steroid dienone is 20. The Kier molecular flexibility index (Phi) is 59.9. The minimum atomic E-state index is -0.807. The monoisotopic (exact) mass is 1050 g/mol. The van der Waals surface area contributed by atoms with Crippen LogP contribution in [0.25, 0.3) is 0 Å². The van der Waals surface area contributed by atoms with E-state index in [2.05, 4.69) is 142 Å². The average Bonchev–Trinajstić information content (AvgIpc) is 3.42. The van der Waals surface area contributed by atoms with Crippen LogP contribution in [-0.2, 0) is 28.6 Å². The van der Waals surface area contributed by atoms with Crippen molar-refractivity contribution in [1.82, 2.24) is 0 Å². The summed E-state index contributed by atoms with van der Waals surface area (Å²) in [6, 6.07) is 0. The molecule has 0 aliphatic rings. The third-order valence-electron chi connectivity index (χ3n) is 13.2.